The summed E-state index contributed by atoms with van der Waals surface area (Å²) in [7, 11) is 0. The Morgan fingerprint density at radius 1 is 0.841 bits per heavy atom. The molecule has 3 nitrogen and oxygen atoms in total. The molecule has 0 aromatic heterocycles. The zero-order chi connectivity index (χ0) is 32.9. The van der Waals surface area contributed by atoms with Gasteiger partial charge in [0.2, 0.25) is 0 Å². The van der Waals surface area contributed by atoms with E-state index in [2.05, 4.69) is 69.1 Å². The van der Waals surface area contributed by atoms with Gasteiger partial charge < -0.3 is 11.1 Å². The van der Waals surface area contributed by atoms with E-state index in [9.17, 15) is 0 Å². The third-order valence-electron chi connectivity index (χ3n) is 6.80. The summed E-state index contributed by atoms with van der Waals surface area (Å²) in [6.45, 7) is 24.1. The van der Waals surface area contributed by atoms with E-state index in [4.69, 9.17) is 16.1 Å². The molecule has 0 amide bonds. The van der Waals surface area contributed by atoms with Gasteiger partial charge in [0.05, 0.1) is 5.70 Å². The van der Waals surface area contributed by atoms with Gasteiger partial charge in [0, 0.05) is 18.0 Å². The minimum atomic E-state index is 0.899. The molecule has 2 rings (SSSR count). The molecule has 228 valence electrons. The van der Waals surface area contributed by atoms with Gasteiger partial charge in [0.15, 0.2) is 0 Å². The van der Waals surface area contributed by atoms with Crippen LogP contribution in [0.5, 0.6) is 0 Å². The number of allylic oxidation sites excluding steroid dienone is 15. The largest absolute Gasteiger partial charge is 0.405 e. The summed E-state index contributed by atoms with van der Waals surface area (Å²) < 4.78 is 0. The van der Waals surface area contributed by atoms with Gasteiger partial charge in [-0.25, -0.2) is 0 Å². The molecule has 0 saturated heterocycles. The molecule has 0 atom stereocenters. The molecule has 3 heteroatoms. The van der Waals surface area contributed by atoms with Crippen LogP contribution in [0, 0.1) is 5.41 Å². The van der Waals surface area contributed by atoms with Crippen molar-refractivity contribution in [3.8, 4) is 11.1 Å². The fraction of sp³-hybridized carbons (Fsp3) is 0.171. The fourth-order valence-electron chi connectivity index (χ4n) is 4.05. The number of nitrogens with two attached hydrogens (primary N) is 1. The molecule has 0 saturated carbocycles. The van der Waals surface area contributed by atoms with E-state index in [-0.39, 0.29) is 0 Å². The second-order valence-electron chi connectivity index (χ2n) is 10.0. The van der Waals surface area contributed by atoms with Gasteiger partial charge in [-0.1, -0.05) is 116 Å². The number of rotatable bonds is 13. The van der Waals surface area contributed by atoms with Crippen molar-refractivity contribution >= 4 is 29.3 Å². The van der Waals surface area contributed by atoms with E-state index in [0.717, 1.165) is 62.2 Å². The Bertz CT molecular complexity index is 1530. The topological polar surface area (TPSA) is 62.2 Å². The van der Waals surface area contributed by atoms with Crippen molar-refractivity contribution in [2.24, 2.45) is 10.7 Å². The van der Waals surface area contributed by atoms with Crippen LogP contribution >= 0.6 is 0 Å². The summed E-state index contributed by atoms with van der Waals surface area (Å²) in [5.74, 6) is 0. The lowest BCUT2D eigenvalue weighted by Gasteiger charge is -2.15. The lowest BCUT2D eigenvalue weighted by molar-refractivity contribution is 1.27. The van der Waals surface area contributed by atoms with Crippen molar-refractivity contribution in [1.29, 1.82) is 5.41 Å². The van der Waals surface area contributed by atoms with E-state index in [1.54, 1.807) is 6.08 Å². The first-order valence-electron chi connectivity index (χ1n) is 14.8. The Hall–Kier alpha value is -5.02. The molecule has 0 unspecified atom stereocenters. The molecular formula is C41H49N3. The Kier molecular flexibility index (Phi) is 17.5. The highest BCUT2D eigenvalue weighted by molar-refractivity contribution is 6.08. The smallest absolute Gasteiger partial charge is 0.0739 e. The maximum absolute atomic E-state index is 7.57. The number of nitrogens with zero attached hydrogens (tertiary/aromatic N) is 1. The van der Waals surface area contributed by atoms with Crippen LogP contribution in [0.4, 0.5) is 0 Å². The fourth-order valence-corrected chi connectivity index (χ4v) is 4.05. The predicted molar refractivity (Wildman–Crippen MR) is 200 cm³/mol. The van der Waals surface area contributed by atoms with Crippen molar-refractivity contribution in [3.05, 3.63) is 163 Å². The van der Waals surface area contributed by atoms with E-state index >= 15 is 0 Å². The van der Waals surface area contributed by atoms with Crippen LogP contribution in [0.2, 0.25) is 0 Å². The zero-order valence-electron chi connectivity index (χ0n) is 27.4. The highest BCUT2D eigenvalue weighted by Crippen LogP contribution is 2.33. The zero-order valence-corrected chi connectivity index (χ0v) is 27.4. The molecule has 0 aliphatic rings. The monoisotopic (exact) mass is 583 g/mol. The SMILES string of the molecule is C=C(C)\C(C)=C(/N=C/C=C\C=C/C)c1ccc(-c2ccc(/C(C=N)=C/C)cc2)cc1C(=C)C.C=C/C(=C\C)C/C=C\C=C/N. The standard InChI is InChI=1S/C31H34N2.C10H15N/c1-8-10-11-12-19-33-31(24(7)22(3)4)29-18-17-28(20-30(29)23(5)6)27-15-13-26(14-16-27)25(9-2)21-32;1-3-10(4-2)8-6-5-7-9-11/h8-21,32H,3,5H2,1-2,4,6-7H3;3-7,9H,1,8,11H2,2H3/b10-8-,12-11-,25-9+,31-24-,32-21?,33-19+;6-5-,9-7-,10-4+. The molecule has 44 heavy (non-hydrogen) atoms. The molecule has 2 aromatic carbocycles. The van der Waals surface area contributed by atoms with Gasteiger partial charge >= 0.3 is 0 Å². The van der Waals surface area contributed by atoms with Gasteiger partial charge in [-0.2, -0.15) is 0 Å². The molecule has 0 radical (unpaired) electrons. The second kappa shape index (κ2) is 20.8. The Morgan fingerprint density at radius 2 is 1.52 bits per heavy atom. The van der Waals surface area contributed by atoms with Gasteiger partial charge in [0.25, 0.3) is 0 Å². The van der Waals surface area contributed by atoms with Crippen molar-refractivity contribution in [1.82, 2.24) is 0 Å². The summed E-state index contributed by atoms with van der Waals surface area (Å²) in [4.78, 5) is 4.79. The van der Waals surface area contributed by atoms with Crippen LogP contribution in [0.15, 0.2) is 151 Å². The highest BCUT2D eigenvalue weighted by atomic mass is 14.7. The van der Waals surface area contributed by atoms with E-state index in [0.29, 0.717) is 0 Å². The maximum Gasteiger partial charge on any atom is 0.0739 e. The minimum Gasteiger partial charge on any atom is -0.405 e. The molecule has 0 aliphatic heterocycles. The van der Waals surface area contributed by atoms with Gasteiger partial charge in [-0.15, -0.1) is 0 Å². The summed E-state index contributed by atoms with van der Waals surface area (Å²) >= 11 is 0. The average Bonchev–Trinajstić information content (AvgIpc) is 3.03. The van der Waals surface area contributed by atoms with Gasteiger partial charge in [-0.3, -0.25) is 4.99 Å². The summed E-state index contributed by atoms with van der Waals surface area (Å²) in [5, 5.41) is 7.57. The lowest BCUT2D eigenvalue weighted by Crippen LogP contribution is -1.95. The predicted octanol–water partition coefficient (Wildman–Crippen LogP) is 11.5. The van der Waals surface area contributed by atoms with Crippen molar-refractivity contribution in [2.45, 2.75) is 48.0 Å². The van der Waals surface area contributed by atoms with Crippen LogP contribution in [0.3, 0.4) is 0 Å². The highest BCUT2D eigenvalue weighted by Gasteiger charge is 2.13. The molecule has 0 spiro atoms. The van der Waals surface area contributed by atoms with Crippen LogP contribution in [0.1, 0.15) is 64.7 Å². The van der Waals surface area contributed by atoms with Crippen molar-refractivity contribution in [3.63, 3.8) is 0 Å². The first-order chi connectivity index (χ1) is 21.2. The molecule has 0 bridgehead atoms. The molecular weight excluding hydrogens is 534 g/mol. The van der Waals surface area contributed by atoms with E-state index < -0.39 is 0 Å². The third-order valence-corrected chi connectivity index (χ3v) is 6.80. The van der Waals surface area contributed by atoms with Crippen molar-refractivity contribution in [2.75, 3.05) is 0 Å². The lowest BCUT2D eigenvalue weighted by atomic mass is 9.91. The van der Waals surface area contributed by atoms with Crippen LogP contribution in [-0.2, 0) is 0 Å². The van der Waals surface area contributed by atoms with Crippen molar-refractivity contribution < 1.29 is 0 Å². The first-order valence-corrected chi connectivity index (χ1v) is 14.8. The van der Waals surface area contributed by atoms with E-state index in [1.165, 1.54) is 18.0 Å². The third kappa shape index (κ3) is 12.1. The minimum absolute atomic E-state index is 0.899. The Balaban J connectivity index is 0.000000747. The summed E-state index contributed by atoms with van der Waals surface area (Å²) in [5.41, 5.74) is 16.6. The number of benzene rings is 2. The summed E-state index contributed by atoms with van der Waals surface area (Å²) in [6.07, 6.45) is 25.1. The molecule has 0 fully saturated rings. The molecule has 3 N–H and O–H groups in total. The van der Waals surface area contributed by atoms with Gasteiger partial charge in [0.1, 0.15) is 0 Å². The Labute approximate surface area is 266 Å². The second-order valence-corrected chi connectivity index (χ2v) is 10.0. The van der Waals surface area contributed by atoms with Crippen LogP contribution in [0.25, 0.3) is 28.0 Å². The average molecular weight is 584 g/mol. The molecule has 0 heterocycles. The van der Waals surface area contributed by atoms with Crippen LogP contribution in [-0.4, -0.2) is 12.4 Å². The maximum atomic E-state index is 7.57. The van der Waals surface area contributed by atoms with Crippen LogP contribution < -0.4 is 5.73 Å². The Morgan fingerprint density at radius 3 is 2.05 bits per heavy atom. The normalized spacial score (nSPS) is 13.0. The quantitative estimate of drug-likeness (QED) is 0.179. The van der Waals surface area contributed by atoms with E-state index in [1.807, 2.05) is 95.5 Å². The van der Waals surface area contributed by atoms with Gasteiger partial charge in [-0.05, 0) is 111 Å². The number of nitrogens with one attached hydrogen (secondary N) is 1. The number of hydrogen-bond donors (Lipinski definition) is 2. The number of hydrogen-bond acceptors (Lipinski definition) is 3. The first kappa shape index (κ1) is 37.0. The molecule has 0 aliphatic carbocycles. The number of aliphatic imine (C=N–C) groups is 1. The molecule has 2 aromatic rings. The summed E-state index contributed by atoms with van der Waals surface area (Å²) in [6, 6.07) is 14.7.